The quantitative estimate of drug-likeness (QED) is 0.124. The number of ether oxygens (including phenoxy) is 5. The van der Waals surface area contributed by atoms with E-state index < -0.39 is 64.4 Å². The summed E-state index contributed by atoms with van der Waals surface area (Å²) in [6.07, 6.45) is -4.81. The number of aromatic nitrogens is 4. The molecule has 1 aliphatic heterocycles. The normalized spacial score (nSPS) is 21.1. The van der Waals surface area contributed by atoms with Gasteiger partial charge in [-0.1, -0.05) is 12.2 Å². The van der Waals surface area contributed by atoms with Gasteiger partial charge in [-0.3, -0.25) is 18.2 Å². The molecule has 0 saturated carbocycles. The number of hydrogen-bond donors (Lipinski definition) is 4. The molecule has 37 heavy (non-hydrogen) atoms. The topological polar surface area (TPSA) is 229 Å². The van der Waals surface area contributed by atoms with Crippen LogP contribution in [0.15, 0.2) is 6.33 Å². The monoisotopic (exact) mass is 567 g/mol. The number of anilines is 1. The number of carbonyl (C=O) groups is 2. The molecule has 0 spiro atoms. The van der Waals surface area contributed by atoms with Crippen molar-refractivity contribution in [3.63, 3.8) is 0 Å². The Labute approximate surface area is 214 Å². The Hall–Kier alpha value is -2.86. The molecule has 2 aromatic heterocycles. The van der Waals surface area contributed by atoms with Crippen LogP contribution in [0.25, 0.3) is 11.2 Å². The van der Waals surface area contributed by atoms with E-state index in [4.69, 9.17) is 46.3 Å². The molecule has 0 aromatic carbocycles. The first-order chi connectivity index (χ1) is 17.5. The molecule has 0 aliphatic carbocycles. The van der Waals surface area contributed by atoms with E-state index in [9.17, 15) is 19.3 Å². The Kier molecular flexibility index (Phi) is 9.77. The molecular weight excluding hydrogens is 541 g/mol. The Balaban J connectivity index is 1.57. The minimum atomic E-state index is -4.18. The van der Waals surface area contributed by atoms with Gasteiger partial charge in [0, 0.05) is 6.42 Å². The minimum Gasteiger partial charge on any atom is -0.450 e. The SMILES string of the molecule is CC(C)OC(=O)OCOP(=O)(COC[C@H]1O[C@@H](n2cnc3c(=S)nc(N)[nH]c32)C[C@@H]1O)OCOC(=O)O. The first-order valence-corrected chi connectivity index (χ1v) is 12.8. The number of nitrogens with one attached hydrogen (secondary N) is 1. The summed E-state index contributed by atoms with van der Waals surface area (Å²) in [5.74, 6) is 0.0850. The van der Waals surface area contributed by atoms with Crippen LogP contribution in [0.3, 0.4) is 0 Å². The second kappa shape index (κ2) is 12.6. The van der Waals surface area contributed by atoms with Gasteiger partial charge in [-0.2, -0.15) is 0 Å². The molecule has 19 heteroatoms. The van der Waals surface area contributed by atoms with Gasteiger partial charge in [0.15, 0.2) is 10.6 Å². The number of carbonyl (C=O) groups excluding carboxylic acids is 1. The summed E-state index contributed by atoms with van der Waals surface area (Å²) in [6.45, 7) is 1.15. The standard InChI is InChI=1S/C18H26N5O12PS/c1-9(2)34-18(27)31-7-33-36(28,32-6-30-17(25)26)8-29-4-11-10(24)3-12(35-11)23-5-20-13-14(23)21-16(19)22-15(13)37/h5,9-12,24H,3-4,6-8H2,1-2H3,(H,25,26)(H3,19,21,22,37)/t10-,11+,12+,36?/m0/s1. The minimum absolute atomic E-state index is 0.0850. The van der Waals surface area contributed by atoms with Crippen LogP contribution in [0, 0.1) is 4.64 Å². The van der Waals surface area contributed by atoms with Crippen LogP contribution >= 0.6 is 19.8 Å². The van der Waals surface area contributed by atoms with Crippen molar-refractivity contribution in [3.8, 4) is 0 Å². The molecular formula is C18H26N5O12PS. The van der Waals surface area contributed by atoms with Crippen molar-refractivity contribution in [1.82, 2.24) is 19.5 Å². The van der Waals surface area contributed by atoms with E-state index in [0.717, 1.165) is 0 Å². The summed E-state index contributed by atoms with van der Waals surface area (Å²) in [6, 6.07) is 0. The number of nitrogens with two attached hydrogens (primary N) is 1. The average molecular weight is 567 g/mol. The third-order valence-corrected chi connectivity index (χ3v) is 6.48. The highest BCUT2D eigenvalue weighted by Crippen LogP contribution is 2.48. The maximum atomic E-state index is 12.9. The number of aliphatic hydroxyl groups excluding tert-OH is 1. The summed E-state index contributed by atoms with van der Waals surface area (Å²) in [5, 5.41) is 19.0. The summed E-state index contributed by atoms with van der Waals surface area (Å²) in [7, 11) is -4.18. The predicted molar refractivity (Wildman–Crippen MR) is 124 cm³/mol. The Bertz CT molecular complexity index is 1210. The second-order valence-electron chi connectivity index (χ2n) is 7.78. The first-order valence-electron chi connectivity index (χ1n) is 10.7. The van der Waals surface area contributed by atoms with Crippen LogP contribution in [-0.4, -0.2) is 86.9 Å². The molecule has 2 aromatic rings. The number of aromatic amines is 1. The zero-order chi connectivity index (χ0) is 27.2. The molecule has 4 atom stereocenters. The van der Waals surface area contributed by atoms with Gasteiger partial charge in [-0.15, -0.1) is 0 Å². The lowest BCUT2D eigenvalue weighted by molar-refractivity contribution is -0.0609. The van der Waals surface area contributed by atoms with E-state index >= 15 is 0 Å². The number of nitrogens with zero attached hydrogens (tertiary/aromatic N) is 3. The number of carboxylic acid groups (broad SMARTS) is 1. The zero-order valence-electron chi connectivity index (χ0n) is 19.7. The maximum Gasteiger partial charge on any atom is 0.510 e. The van der Waals surface area contributed by atoms with Gasteiger partial charge in [0.1, 0.15) is 29.8 Å². The second-order valence-corrected chi connectivity index (χ2v) is 10.2. The molecule has 3 rings (SSSR count). The first kappa shape index (κ1) is 28.7. The van der Waals surface area contributed by atoms with Gasteiger partial charge in [0.25, 0.3) is 0 Å². The summed E-state index contributed by atoms with van der Waals surface area (Å²) >= 11 is 5.15. The fourth-order valence-electron chi connectivity index (χ4n) is 3.14. The van der Waals surface area contributed by atoms with Gasteiger partial charge < -0.3 is 44.6 Å². The van der Waals surface area contributed by atoms with E-state index in [1.807, 2.05) is 0 Å². The molecule has 1 aliphatic rings. The molecule has 1 fully saturated rings. The van der Waals surface area contributed by atoms with Gasteiger partial charge in [0.05, 0.1) is 25.1 Å². The lowest BCUT2D eigenvalue weighted by Gasteiger charge is -2.20. The van der Waals surface area contributed by atoms with Crippen molar-refractivity contribution in [2.75, 3.05) is 32.3 Å². The fraction of sp³-hybridized carbons (Fsp3) is 0.611. The average Bonchev–Trinajstić information content (AvgIpc) is 3.36. The molecule has 17 nitrogen and oxygen atoms in total. The number of hydrogen-bond acceptors (Lipinski definition) is 15. The number of aliphatic hydroxyl groups is 1. The van der Waals surface area contributed by atoms with Gasteiger partial charge in [0.2, 0.25) is 13.6 Å². The zero-order valence-corrected chi connectivity index (χ0v) is 21.4. The number of imidazole rings is 1. The summed E-state index contributed by atoms with van der Waals surface area (Å²) in [4.78, 5) is 33.0. The molecule has 1 saturated heterocycles. The molecule has 5 N–H and O–H groups in total. The predicted octanol–water partition coefficient (Wildman–Crippen LogP) is 2.09. The van der Waals surface area contributed by atoms with Crippen LogP contribution in [0.1, 0.15) is 26.5 Å². The molecule has 206 valence electrons. The summed E-state index contributed by atoms with van der Waals surface area (Å²) < 4.78 is 49.3. The highest BCUT2D eigenvalue weighted by Gasteiger charge is 2.37. The van der Waals surface area contributed by atoms with E-state index in [-0.39, 0.29) is 23.6 Å². The molecule has 3 heterocycles. The highest BCUT2D eigenvalue weighted by atomic mass is 32.1. The van der Waals surface area contributed by atoms with Crippen molar-refractivity contribution in [3.05, 3.63) is 11.0 Å². The number of rotatable bonds is 12. The van der Waals surface area contributed by atoms with Crippen LogP contribution in [-0.2, 0) is 37.3 Å². The van der Waals surface area contributed by atoms with E-state index in [1.54, 1.807) is 18.4 Å². The highest BCUT2D eigenvalue weighted by molar-refractivity contribution is 7.71. The third-order valence-electron chi connectivity index (χ3n) is 4.70. The smallest absolute Gasteiger partial charge is 0.450 e. The molecule has 0 amide bonds. The fourth-order valence-corrected chi connectivity index (χ4v) is 4.36. The lowest BCUT2D eigenvalue weighted by Crippen LogP contribution is -2.27. The number of fused-ring (bicyclic) bond motifs is 1. The van der Waals surface area contributed by atoms with Crippen molar-refractivity contribution < 1.29 is 57.1 Å². The van der Waals surface area contributed by atoms with Gasteiger partial charge in [-0.25, -0.2) is 19.6 Å². The van der Waals surface area contributed by atoms with Crippen molar-refractivity contribution in [2.45, 2.75) is 44.8 Å². The van der Waals surface area contributed by atoms with E-state index in [0.29, 0.717) is 11.2 Å². The van der Waals surface area contributed by atoms with Gasteiger partial charge >= 0.3 is 19.9 Å². The third kappa shape index (κ3) is 8.06. The van der Waals surface area contributed by atoms with Gasteiger partial charge in [-0.05, 0) is 13.8 Å². The summed E-state index contributed by atoms with van der Waals surface area (Å²) in [5.41, 5.74) is 6.58. The van der Waals surface area contributed by atoms with Crippen LogP contribution in [0.2, 0.25) is 0 Å². The van der Waals surface area contributed by atoms with Crippen molar-refractivity contribution >= 4 is 49.2 Å². The Morgan fingerprint density at radius 1 is 1.35 bits per heavy atom. The van der Waals surface area contributed by atoms with E-state index in [2.05, 4.69) is 24.4 Å². The Morgan fingerprint density at radius 3 is 2.73 bits per heavy atom. The van der Waals surface area contributed by atoms with E-state index in [1.165, 1.54) is 6.33 Å². The maximum absolute atomic E-state index is 12.9. The van der Waals surface area contributed by atoms with Crippen molar-refractivity contribution in [2.24, 2.45) is 0 Å². The number of H-pyrrole nitrogens is 1. The Morgan fingerprint density at radius 2 is 2.05 bits per heavy atom. The molecule has 0 radical (unpaired) electrons. The van der Waals surface area contributed by atoms with Crippen LogP contribution in [0.5, 0.6) is 0 Å². The van der Waals surface area contributed by atoms with Crippen LogP contribution in [0.4, 0.5) is 15.5 Å². The molecule has 0 bridgehead atoms. The largest absolute Gasteiger partial charge is 0.510 e. The van der Waals surface area contributed by atoms with Crippen LogP contribution < -0.4 is 5.73 Å². The lowest BCUT2D eigenvalue weighted by atomic mass is 10.2. The molecule has 1 unspecified atom stereocenters. The van der Waals surface area contributed by atoms with Crippen molar-refractivity contribution in [1.29, 1.82) is 0 Å². The number of nitrogen functional groups attached to an aromatic ring is 1.